The van der Waals surface area contributed by atoms with E-state index < -0.39 is 28.2 Å². The minimum absolute atomic E-state index is 0.0235. The molecule has 0 unspecified atom stereocenters. The Labute approximate surface area is 214 Å². The van der Waals surface area contributed by atoms with Crippen LogP contribution in [0.5, 0.6) is 0 Å². The van der Waals surface area contributed by atoms with E-state index in [1.807, 2.05) is 30.3 Å². The molecule has 0 radical (unpaired) electrons. The predicted octanol–water partition coefficient (Wildman–Crippen LogP) is 4.75. The highest BCUT2D eigenvalue weighted by molar-refractivity contribution is 9.11. The van der Waals surface area contributed by atoms with E-state index >= 15 is 0 Å². The molecule has 0 spiro atoms. The molecule has 0 aliphatic carbocycles. The van der Waals surface area contributed by atoms with Gasteiger partial charge in [-0.2, -0.15) is 5.26 Å². The highest BCUT2D eigenvalue weighted by Crippen LogP contribution is 2.30. The van der Waals surface area contributed by atoms with Gasteiger partial charge in [0.25, 0.3) is 0 Å². The van der Waals surface area contributed by atoms with Gasteiger partial charge in [0.05, 0.1) is 23.2 Å². The number of fused-ring (bicyclic) bond motifs is 1. The minimum atomic E-state index is -3.87. The van der Waals surface area contributed by atoms with Gasteiger partial charge in [-0.15, -0.1) is 0 Å². The molecule has 34 heavy (non-hydrogen) atoms. The number of amides is 1. The van der Waals surface area contributed by atoms with Crippen molar-refractivity contribution in [3.8, 4) is 6.19 Å². The van der Waals surface area contributed by atoms with Crippen molar-refractivity contribution in [1.82, 2.24) is 9.62 Å². The maximum atomic E-state index is 13.0. The van der Waals surface area contributed by atoms with E-state index in [4.69, 9.17) is 0 Å². The molecule has 2 atom stereocenters. The number of benzene rings is 3. The number of sulfonamides is 1. The van der Waals surface area contributed by atoms with Crippen LogP contribution in [-0.4, -0.2) is 49.7 Å². The number of nitrogens with one attached hydrogen (secondary N) is 1. The number of halogens is 2. The summed E-state index contributed by atoms with van der Waals surface area (Å²) in [4.78, 5) is 14.9. The van der Waals surface area contributed by atoms with Crippen LogP contribution >= 0.6 is 31.9 Å². The molecular formula is C23H20Br2N4O4S. The van der Waals surface area contributed by atoms with Gasteiger partial charge in [0.2, 0.25) is 10.0 Å². The summed E-state index contributed by atoms with van der Waals surface area (Å²) in [7, 11) is -3.87. The van der Waals surface area contributed by atoms with Gasteiger partial charge in [0, 0.05) is 26.9 Å². The van der Waals surface area contributed by atoms with Crippen molar-refractivity contribution in [2.24, 2.45) is 0 Å². The van der Waals surface area contributed by atoms with E-state index in [0.29, 0.717) is 14.6 Å². The van der Waals surface area contributed by atoms with Crippen molar-refractivity contribution in [2.75, 3.05) is 18.0 Å². The number of hydrogen-bond acceptors (Lipinski definition) is 5. The molecule has 11 heteroatoms. The summed E-state index contributed by atoms with van der Waals surface area (Å²) in [6.45, 7) is 0.171. The van der Waals surface area contributed by atoms with E-state index in [2.05, 4.69) is 42.8 Å². The molecule has 3 aromatic carbocycles. The molecule has 1 heterocycles. The normalized spacial score (nSPS) is 18.1. The van der Waals surface area contributed by atoms with Gasteiger partial charge in [0.1, 0.15) is 0 Å². The molecule has 1 aliphatic rings. The van der Waals surface area contributed by atoms with Crippen LogP contribution in [0.2, 0.25) is 0 Å². The molecule has 1 fully saturated rings. The first-order valence-electron chi connectivity index (χ1n) is 10.3. The third-order valence-corrected chi connectivity index (χ3v) is 8.74. The van der Waals surface area contributed by atoms with Crippen LogP contribution in [0.25, 0.3) is 10.8 Å². The van der Waals surface area contributed by atoms with Gasteiger partial charge in [-0.1, -0.05) is 52.3 Å². The summed E-state index contributed by atoms with van der Waals surface area (Å²) in [5.41, 5.74) is 0.519. The molecule has 1 amide bonds. The lowest BCUT2D eigenvalue weighted by Gasteiger charge is -2.27. The molecule has 0 aromatic heterocycles. The molecule has 0 saturated carbocycles. The van der Waals surface area contributed by atoms with Crippen LogP contribution < -0.4 is 9.62 Å². The smallest absolute Gasteiger partial charge is 0.411 e. The number of nitrogens with zero attached hydrogens (tertiary/aromatic N) is 3. The van der Waals surface area contributed by atoms with E-state index in [0.717, 1.165) is 10.8 Å². The quantitative estimate of drug-likeness (QED) is 0.391. The van der Waals surface area contributed by atoms with Gasteiger partial charge in [-0.05, 0) is 52.0 Å². The summed E-state index contributed by atoms with van der Waals surface area (Å²) in [5, 5.41) is 21.3. The average molecular weight is 608 g/mol. The summed E-state index contributed by atoms with van der Waals surface area (Å²) >= 11 is 6.56. The summed E-state index contributed by atoms with van der Waals surface area (Å²) in [6, 6.07) is 16.7. The summed E-state index contributed by atoms with van der Waals surface area (Å²) in [5.74, 6) is 0. The standard InChI is InChI=1S/C23H20Br2N4O4S/c24-16-8-9-20(25)22(10-16)34(32,33)27-17-11-18(28(12-17)14-26)13-29(23(30)31)21-7-3-5-15-4-1-2-6-19(15)21/h1-10,17-18,27H,11-13H2,(H,30,31)/t17-,18-/m1/s1. The third kappa shape index (κ3) is 5.05. The van der Waals surface area contributed by atoms with Gasteiger partial charge >= 0.3 is 6.09 Å². The van der Waals surface area contributed by atoms with Crippen molar-refractivity contribution in [2.45, 2.75) is 23.4 Å². The van der Waals surface area contributed by atoms with Crippen molar-refractivity contribution < 1.29 is 18.3 Å². The van der Waals surface area contributed by atoms with Crippen LogP contribution in [0, 0.1) is 11.5 Å². The molecule has 3 aromatic rings. The first kappa shape index (κ1) is 24.5. The Morgan fingerprint density at radius 1 is 1.18 bits per heavy atom. The van der Waals surface area contributed by atoms with E-state index in [1.54, 1.807) is 24.3 Å². The predicted molar refractivity (Wildman–Crippen MR) is 136 cm³/mol. The topological polar surface area (TPSA) is 114 Å². The minimum Gasteiger partial charge on any atom is -0.465 e. The van der Waals surface area contributed by atoms with Crippen molar-refractivity contribution in [1.29, 1.82) is 5.26 Å². The molecule has 4 rings (SSSR count). The SMILES string of the molecule is N#CN1C[C@H](NS(=O)(=O)c2cc(Br)ccc2Br)C[C@@H]1CN(C(=O)O)c1cccc2ccccc12. The highest BCUT2D eigenvalue weighted by atomic mass is 79.9. The zero-order valence-electron chi connectivity index (χ0n) is 17.7. The summed E-state index contributed by atoms with van der Waals surface area (Å²) < 4.78 is 29.7. The van der Waals surface area contributed by atoms with Crippen LogP contribution in [0.3, 0.4) is 0 Å². The maximum Gasteiger partial charge on any atom is 0.411 e. The maximum absolute atomic E-state index is 13.0. The van der Waals surface area contributed by atoms with Crippen molar-refractivity contribution in [3.63, 3.8) is 0 Å². The molecule has 176 valence electrons. The van der Waals surface area contributed by atoms with E-state index in [1.165, 1.54) is 15.9 Å². The van der Waals surface area contributed by atoms with Gasteiger partial charge in [-0.3, -0.25) is 4.90 Å². The number of rotatable bonds is 6. The lowest BCUT2D eigenvalue weighted by molar-refractivity contribution is 0.199. The Balaban J connectivity index is 1.57. The van der Waals surface area contributed by atoms with Gasteiger partial charge < -0.3 is 10.0 Å². The van der Waals surface area contributed by atoms with Gasteiger partial charge in [0.15, 0.2) is 6.19 Å². The lowest BCUT2D eigenvalue weighted by atomic mass is 10.1. The number of hydrogen-bond donors (Lipinski definition) is 2. The van der Waals surface area contributed by atoms with Crippen LogP contribution in [0.15, 0.2) is 74.5 Å². The molecule has 2 N–H and O–H groups in total. The molecule has 1 saturated heterocycles. The molecule has 1 aliphatic heterocycles. The first-order chi connectivity index (χ1) is 16.2. The van der Waals surface area contributed by atoms with Crippen molar-refractivity contribution >= 4 is 64.4 Å². The number of carbonyl (C=O) groups is 1. The highest BCUT2D eigenvalue weighted by Gasteiger charge is 2.37. The Morgan fingerprint density at radius 2 is 1.91 bits per heavy atom. The Kier molecular flexibility index (Phi) is 7.14. The second kappa shape index (κ2) is 9.92. The number of nitriles is 1. The fraction of sp³-hybridized carbons (Fsp3) is 0.217. The largest absolute Gasteiger partial charge is 0.465 e. The van der Waals surface area contributed by atoms with Crippen LogP contribution in [0.4, 0.5) is 10.5 Å². The molecule has 8 nitrogen and oxygen atoms in total. The van der Waals surface area contributed by atoms with Crippen LogP contribution in [-0.2, 0) is 10.0 Å². The molecule has 0 bridgehead atoms. The van der Waals surface area contributed by atoms with E-state index in [-0.39, 0.29) is 24.4 Å². The second-order valence-corrected chi connectivity index (χ2v) is 11.4. The lowest BCUT2D eigenvalue weighted by Crippen LogP contribution is -2.41. The zero-order chi connectivity index (χ0) is 24.5. The second-order valence-electron chi connectivity index (χ2n) is 7.93. The Bertz CT molecular complexity index is 1390. The van der Waals surface area contributed by atoms with E-state index in [9.17, 15) is 23.6 Å². The van der Waals surface area contributed by atoms with Crippen LogP contribution in [0.1, 0.15) is 6.42 Å². The monoisotopic (exact) mass is 606 g/mol. The molecular weight excluding hydrogens is 588 g/mol. The Hall–Kier alpha value is -2.65. The Morgan fingerprint density at radius 3 is 2.65 bits per heavy atom. The average Bonchev–Trinajstić information content (AvgIpc) is 3.19. The number of anilines is 1. The number of likely N-dealkylation sites (tertiary alicyclic amines) is 1. The third-order valence-electron chi connectivity index (χ3n) is 5.73. The van der Waals surface area contributed by atoms with Gasteiger partial charge in [-0.25, -0.2) is 17.9 Å². The summed E-state index contributed by atoms with van der Waals surface area (Å²) in [6.07, 6.45) is 1.23. The first-order valence-corrected chi connectivity index (χ1v) is 13.4. The fourth-order valence-corrected chi connectivity index (χ4v) is 6.94. The zero-order valence-corrected chi connectivity index (χ0v) is 21.7. The number of carboxylic acid groups (broad SMARTS) is 1. The fourth-order valence-electron chi connectivity index (χ4n) is 4.20. The van der Waals surface area contributed by atoms with Crippen molar-refractivity contribution in [3.05, 3.63) is 69.6 Å².